The number of carboxylic acid groups (broad SMARTS) is 1. The van der Waals surface area contributed by atoms with Gasteiger partial charge in [0.1, 0.15) is 0 Å². The summed E-state index contributed by atoms with van der Waals surface area (Å²) in [6.45, 7) is 3.96. The molecule has 0 aromatic heterocycles. The number of benzene rings is 1. The summed E-state index contributed by atoms with van der Waals surface area (Å²) < 4.78 is 0. The Balaban J connectivity index is 2.64. The van der Waals surface area contributed by atoms with E-state index >= 15 is 0 Å². The molecule has 16 heavy (non-hydrogen) atoms. The molecule has 0 fully saturated rings. The van der Waals surface area contributed by atoms with Gasteiger partial charge in [0.05, 0.1) is 5.56 Å². The van der Waals surface area contributed by atoms with Crippen LogP contribution in [0.15, 0.2) is 24.3 Å². The summed E-state index contributed by atoms with van der Waals surface area (Å²) in [7, 11) is 0. The van der Waals surface area contributed by atoms with Crippen LogP contribution in [0.1, 0.15) is 42.6 Å². The molecule has 0 heterocycles. The predicted octanol–water partition coefficient (Wildman–Crippen LogP) is 2.44. The van der Waals surface area contributed by atoms with Gasteiger partial charge in [-0.05, 0) is 44.7 Å². The molecule has 0 spiro atoms. The topological polar surface area (TPSA) is 63.3 Å². The molecule has 3 heteroatoms. The summed E-state index contributed by atoms with van der Waals surface area (Å²) in [5, 5.41) is 9.00. The normalized spacial score (nSPS) is 11.4. The van der Waals surface area contributed by atoms with Crippen LogP contribution in [-0.2, 0) is 6.42 Å². The van der Waals surface area contributed by atoms with Crippen molar-refractivity contribution in [2.24, 2.45) is 5.73 Å². The average molecular weight is 221 g/mol. The van der Waals surface area contributed by atoms with Crippen molar-refractivity contribution in [2.75, 3.05) is 0 Å². The van der Waals surface area contributed by atoms with Crippen molar-refractivity contribution in [3.8, 4) is 0 Å². The Hall–Kier alpha value is -1.35. The zero-order chi connectivity index (χ0) is 12.2. The fraction of sp³-hybridized carbons (Fsp3) is 0.462. The standard InChI is InChI=1S/C13H19NO2/c1-13(2,14)9-5-7-10-6-3-4-8-11(10)12(15)16/h3-4,6,8H,5,7,9,14H2,1-2H3,(H,15,16). The van der Waals surface area contributed by atoms with Crippen LogP contribution in [0.5, 0.6) is 0 Å². The number of nitrogens with two attached hydrogens (primary N) is 1. The predicted molar refractivity (Wildman–Crippen MR) is 64.6 cm³/mol. The van der Waals surface area contributed by atoms with Gasteiger partial charge in [0.25, 0.3) is 0 Å². The summed E-state index contributed by atoms with van der Waals surface area (Å²) in [6.07, 6.45) is 2.57. The van der Waals surface area contributed by atoms with Crippen LogP contribution in [0.4, 0.5) is 0 Å². The van der Waals surface area contributed by atoms with E-state index in [1.54, 1.807) is 12.1 Å². The van der Waals surface area contributed by atoms with Gasteiger partial charge in [0, 0.05) is 5.54 Å². The lowest BCUT2D eigenvalue weighted by Gasteiger charge is -2.18. The van der Waals surface area contributed by atoms with Crippen molar-refractivity contribution in [2.45, 2.75) is 38.6 Å². The Bertz CT molecular complexity index is 366. The number of rotatable bonds is 5. The molecule has 1 rings (SSSR count). The zero-order valence-corrected chi connectivity index (χ0v) is 9.86. The Kier molecular flexibility index (Phi) is 4.07. The fourth-order valence-electron chi connectivity index (χ4n) is 1.68. The van der Waals surface area contributed by atoms with Gasteiger partial charge >= 0.3 is 5.97 Å². The van der Waals surface area contributed by atoms with E-state index < -0.39 is 5.97 Å². The maximum Gasteiger partial charge on any atom is 0.335 e. The summed E-state index contributed by atoms with van der Waals surface area (Å²) >= 11 is 0. The van der Waals surface area contributed by atoms with E-state index in [-0.39, 0.29) is 5.54 Å². The second kappa shape index (κ2) is 5.12. The number of carbonyl (C=O) groups is 1. The first-order valence-corrected chi connectivity index (χ1v) is 5.50. The van der Waals surface area contributed by atoms with Crippen LogP contribution >= 0.6 is 0 Å². The van der Waals surface area contributed by atoms with Gasteiger partial charge in [0.2, 0.25) is 0 Å². The molecule has 1 aromatic rings. The van der Waals surface area contributed by atoms with E-state index in [4.69, 9.17) is 10.8 Å². The summed E-state index contributed by atoms with van der Waals surface area (Å²) in [4.78, 5) is 11.0. The lowest BCUT2D eigenvalue weighted by atomic mass is 9.95. The SMILES string of the molecule is CC(C)(N)CCCc1ccccc1C(=O)O. The van der Waals surface area contributed by atoms with Gasteiger partial charge in [-0.15, -0.1) is 0 Å². The average Bonchev–Trinajstić information content (AvgIpc) is 2.16. The van der Waals surface area contributed by atoms with E-state index in [1.165, 1.54) is 0 Å². The highest BCUT2D eigenvalue weighted by Crippen LogP contribution is 2.15. The highest BCUT2D eigenvalue weighted by atomic mass is 16.4. The first-order chi connectivity index (χ1) is 7.40. The van der Waals surface area contributed by atoms with E-state index in [2.05, 4.69) is 0 Å². The summed E-state index contributed by atoms with van der Waals surface area (Å²) in [5.74, 6) is -0.859. The molecule has 0 atom stereocenters. The third-order valence-electron chi connectivity index (χ3n) is 2.52. The Morgan fingerprint density at radius 3 is 2.56 bits per heavy atom. The molecule has 0 saturated carbocycles. The van der Waals surface area contributed by atoms with Gasteiger partial charge in [-0.2, -0.15) is 0 Å². The van der Waals surface area contributed by atoms with Crippen molar-refractivity contribution in [3.05, 3.63) is 35.4 Å². The molecule has 0 aliphatic rings. The summed E-state index contributed by atoms with van der Waals surface area (Å²) in [6, 6.07) is 7.13. The fourth-order valence-corrected chi connectivity index (χ4v) is 1.68. The second-order valence-electron chi connectivity index (χ2n) is 4.80. The van der Waals surface area contributed by atoms with Gasteiger partial charge in [-0.1, -0.05) is 18.2 Å². The Morgan fingerprint density at radius 1 is 1.38 bits per heavy atom. The number of hydrogen-bond donors (Lipinski definition) is 2. The lowest BCUT2D eigenvalue weighted by Crippen LogP contribution is -2.31. The maximum absolute atomic E-state index is 11.0. The van der Waals surface area contributed by atoms with E-state index in [9.17, 15) is 4.79 Å². The van der Waals surface area contributed by atoms with Crippen molar-refractivity contribution in [1.82, 2.24) is 0 Å². The quantitative estimate of drug-likeness (QED) is 0.802. The largest absolute Gasteiger partial charge is 0.478 e. The minimum atomic E-state index is -0.859. The number of carboxylic acids is 1. The van der Waals surface area contributed by atoms with Crippen molar-refractivity contribution < 1.29 is 9.90 Å². The number of hydrogen-bond acceptors (Lipinski definition) is 2. The molecule has 0 unspecified atom stereocenters. The van der Waals surface area contributed by atoms with Gasteiger partial charge in [-0.25, -0.2) is 4.79 Å². The van der Waals surface area contributed by atoms with Crippen LogP contribution in [-0.4, -0.2) is 16.6 Å². The maximum atomic E-state index is 11.0. The third-order valence-corrected chi connectivity index (χ3v) is 2.52. The smallest absolute Gasteiger partial charge is 0.335 e. The zero-order valence-electron chi connectivity index (χ0n) is 9.86. The molecule has 0 amide bonds. The number of aromatic carboxylic acids is 1. The molecular formula is C13H19NO2. The molecule has 0 bridgehead atoms. The van der Waals surface area contributed by atoms with Crippen molar-refractivity contribution in [3.63, 3.8) is 0 Å². The minimum Gasteiger partial charge on any atom is -0.478 e. The van der Waals surface area contributed by atoms with Crippen LogP contribution in [0.25, 0.3) is 0 Å². The number of aryl methyl sites for hydroxylation is 1. The lowest BCUT2D eigenvalue weighted by molar-refractivity contribution is 0.0695. The third kappa shape index (κ3) is 4.03. The molecule has 0 radical (unpaired) electrons. The molecule has 0 aliphatic heterocycles. The van der Waals surface area contributed by atoms with Gasteiger partial charge < -0.3 is 10.8 Å². The minimum absolute atomic E-state index is 0.182. The van der Waals surface area contributed by atoms with E-state index in [1.807, 2.05) is 26.0 Å². The van der Waals surface area contributed by atoms with Crippen LogP contribution in [0.3, 0.4) is 0 Å². The van der Waals surface area contributed by atoms with Crippen LogP contribution in [0, 0.1) is 0 Å². The highest BCUT2D eigenvalue weighted by Gasteiger charge is 2.12. The second-order valence-corrected chi connectivity index (χ2v) is 4.80. The molecule has 0 aliphatic carbocycles. The van der Waals surface area contributed by atoms with Crippen LogP contribution < -0.4 is 5.73 Å². The van der Waals surface area contributed by atoms with E-state index in [0.29, 0.717) is 5.56 Å². The molecule has 1 aromatic carbocycles. The molecule has 3 nitrogen and oxygen atoms in total. The molecule has 0 saturated heterocycles. The molecule has 3 N–H and O–H groups in total. The first kappa shape index (κ1) is 12.7. The molecule has 88 valence electrons. The van der Waals surface area contributed by atoms with Crippen molar-refractivity contribution in [1.29, 1.82) is 0 Å². The Morgan fingerprint density at radius 2 is 2.00 bits per heavy atom. The molecular weight excluding hydrogens is 202 g/mol. The van der Waals surface area contributed by atoms with Gasteiger partial charge in [0.15, 0.2) is 0 Å². The highest BCUT2D eigenvalue weighted by molar-refractivity contribution is 5.89. The monoisotopic (exact) mass is 221 g/mol. The first-order valence-electron chi connectivity index (χ1n) is 5.50. The van der Waals surface area contributed by atoms with Crippen molar-refractivity contribution >= 4 is 5.97 Å². The summed E-state index contributed by atoms with van der Waals surface area (Å²) in [5.41, 5.74) is 6.99. The Labute approximate surface area is 96.3 Å². The van der Waals surface area contributed by atoms with Gasteiger partial charge in [-0.3, -0.25) is 0 Å². The van der Waals surface area contributed by atoms with E-state index in [0.717, 1.165) is 24.8 Å². The van der Waals surface area contributed by atoms with Crippen LogP contribution in [0.2, 0.25) is 0 Å².